The van der Waals surface area contributed by atoms with Gasteiger partial charge in [-0.05, 0) is 42.3 Å². The van der Waals surface area contributed by atoms with Crippen LogP contribution in [0.1, 0.15) is 69.5 Å². The normalized spacial score (nSPS) is 32.2. The molecule has 0 radical (unpaired) electrons. The van der Waals surface area contributed by atoms with Crippen molar-refractivity contribution in [3.8, 4) is 0 Å². The van der Waals surface area contributed by atoms with Gasteiger partial charge >= 0.3 is 0 Å². The summed E-state index contributed by atoms with van der Waals surface area (Å²) < 4.78 is 0. The molecule has 0 heterocycles. The second kappa shape index (κ2) is 5.35. The van der Waals surface area contributed by atoms with Gasteiger partial charge in [0, 0.05) is 11.5 Å². The van der Waals surface area contributed by atoms with Crippen molar-refractivity contribution in [1.82, 2.24) is 5.32 Å². The zero-order valence-electron chi connectivity index (χ0n) is 13.2. The van der Waals surface area contributed by atoms with Gasteiger partial charge in [0.05, 0.1) is 0 Å². The summed E-state index contributed by atoms with van der Waals surface area (Å²) >= 11 is 0. The third-order valence-corrected chi connectivity index (χ3v) is 5.84. The predicted molar refractivity (Wildman–Crippen MR) is 88.6 cm³/mol. The third kappa shape index (κ3) is 1.94. The topological polar surface area (TPSA) is 12.0 Å². The van der Waals surface area contributed by atoms with Crippen molar-refractivity contribution < 1.29 is 0 Å². The molecule has 0 amide bonds. The van der Waals surface area contributed by atoms with E-state index in [4.69, 9.17) is 0 Å². The first-order chi connectivity index (χ1) is 9.02. The summed E-state index contributed by atoms with van der Waals surface area (Å²) in [4.78, 5) is 0. The number of nitrogens with one attached hydrogen (secondary N) is 1. The summed E-state index contributed by atoms with van der Waals surface area (Å²) in [5.74, 6) is 0.745. The van der Waals surface area contributed by atoms with E-state index in [-0.39, 0.29) is 12.4 Å². The highest BCUT2D eigenvalue weighted by Gasteiger charge is 2.58. The monoisotopic (exact) mass is 293 g/mol. The van der Waals surface area contributed by atoms with Crippen molar-refractivity contribution in [2.45, 2.75) is 58.4 Å². The molecular formula is C18H28ClN. The fourth-order valence-electron chi connectivity index (χ4n) is 5.09. The van der Waals surface area contributed by atoms with Gasteiger partial charge in [0.2, 0.25) is 0 Å². The SMILES string of the molecule is CNC1c2ccccc2C2CCCCC21C(C)(C)C.Cl. The molecule has 3 atom stereocenters. The third-order valence-electron chi connectivity index (χ3n) is 5.84. The molecule has 1 aromatic rings. The second-order valence-corrected chi connectivity index (χ2v) is 7.44. The van der Waals surface area contributed by atoms with Crippen LogP contribution in [0.2, 0.25) is 0 Å². The maximum Gasteiger partial charge on any atom is 0.0388 e. The number of hydrogen-bond donors (Lipinski definition) is 1. The van der Waals surface area contributed by atoms with Crippen molar-refractivity contribution in [2.24, 2.45) is 10.8 Å². The average Bonchev–Trinajstić information content (AvgIpc) is 2.69. The standard InChI is InChI=1S/C18H27N.ClH/c1-17(2,3)18-12-8-7-11-15(18)13-9-5-6-10-14(13)16(18)19-4;/h5-6,9-10,15-16,19H,7-8,11-12H2,1-4H3;1H. The summed E-state index contributed by atoms with van der Waals surface area (Å²) in [5, 5.41) is 3.67. The molecule has 0 spiro atoms. The molecule has 0 bridgehead atoms. The van der Waals surface area contributed by atoms with Crippen LogP contribution in [0.4, 0.5) is 0 Å². The Morgan fingerprint density at radius 2 is 1.75 bits per heavy atom. The average molecular weight is 294 g/mol. The van der Waals surface area contributed by atoms with Gasteiger partial charge in [-0.15, -0.1) is 12.4 Å². The Morgan fingerprint density at radius 1 is 1.10 bits per heavy atom. The van der Waals surface area contributed by atoms with Crippen LogP contribution in [0.15, 0.2) is 24.3 Å². The van der Waals surface area contributed by atoms with E-state index < -0.39 is 0 Å². The summed E-state index contributed by atoms with van der Waals surface area (Å²) in [6.07, 6.45) is 5.51. The Hall–Kier alpha value is -0.530. The number of rotatable bonds is 1. The van der Waals surface area contributed by atoms with E-state index in [1.54, 1.807) is 11.1 Å². The van der Waals surface area contributed by atoms with Gasteiger partial charge in [0.25, 0.3) is 0 Å². The molecule has 1 fully saturated rings. The molecule has 0 aromatic heterocycles. The highest BCUT2D eigenvalue weighted by Crippen LogP contribution is 2.67. The lowest BCUT2D eigenvalue weighted by Crippen LogP contribution is -2.47. The lowest BCUT2D eigenvalue weighted by atomic mass is 9.53. The van der Waals surface area contributed by atoms with Gasteiger partial charge in [-0.1, -0.05) is 57.9 Å². The zero-order chi connectivity index (χ0) is 13.7. The molecule has 112 valence electrons. The molecule has 2 heteroatoms. The van der Waals surface area contributed by atoms with E-state index in [2.05, 4.69) is 57.4 Å². The summed E-state index contributed by atoms with van der Waals surface area (Å²) in [6.45, 7) is 7.34. The van der Waals surface area contributed by atoms with E-state index in [0.29, 0.717) is 16.9 Å². The first-order valence-electron chi connectivity index (χ1n) is 7.78. The van der Waals surface area contributed by atoms with Crippen LogP contribution in [-0.4, -0.2) is 7.05 Å². The molecular weight excluding hydrogens is 266 g/mol. The Kier molecular flexibility index (Phi) is 4.24. The molecule has 1 aromatic carbocycles. The van der Waals surface area contributed by atoms with Crippen LogP contribution < -0.4 is 5.32 Å². The van der Waals surface area contributed by atoms with E-state index in [1.807, 2.05) is 0 Å². The lowest BCUT2D eigenvalue weighted by Gasteiger charge is -2.53. The lowest BCUT2D eigenvalue weighted by molar-refractivity contribution is -0.00740. The number of hydrogen-bond acceptors (Lipinski definition) is 1. The fraction of sp³-hybridized carbons (Fsp3) is 0.667. The van der Waals surface area contributed by atoms with Crippen LogP contribution in [0, 0.1) is 10.8 Å². The quantitative estimate of drug-likeness (QED) is 0.762. The largest absolute Gasteiger partial charge is 0.312 e. The molecule has 2 aliphatic carbocycles. The van der Waals surface area contributed by atoms with Crippen molar-refractivity contribution in [2.75, 3.05) is 7.05 Å². The Morgan fingerprint density at radius 3 is 2.35 bits per heavy atom. The van der Waals surface area contributed by atoms with Crippen molar-refractivity contribution >= 4 is 12.4 Å². The van der Waals surface area contributed by atoms with Gasteiger partial charge in [-0.25, -0.2) is 0 Å². The van der Waals surface area contributed by atoms with Crippen LogP contribution in [-0.2, 0) is 0 Å². The zero-order valence-corrected chi connectivity index (χ0v) is 14.0. The van der Waals surface area contributed by atoms with Crippen molar-refractivity contribution in [3.63, 3.8) is 0 Å². The maximum absolute atomic E-state index is 3.67. The number of halogens is 1. The second-order valence-electron chi connectivity index (χ2n) is 7.44. The minimum absolute atomic E-state index is 0. The molecule has 2 aliphatic rings. The smallest absolute Gasteiger partial charge is 0.0388 e. The summed E-state index contributed by atoms with van der Waals surface area (Å²) in [5.41, 5.74) is 3.91. The molecule has 20 heavy (non-hydrogen) atoms. The molecule has 1 saturated carbocycles. The molecule has 0 saturated heterocycles. The van der Waals surface area contributed by atoms with E-state index in [9.17, 15) is 0 Å². The highest BCUT2D eigenvalue weighted by molar-refractivity contribution is 5.85. The Bertz CT molecular complexity index is 450. The summed E-state index contributed by atoms with van der Waals surface area (Å²) in [6, 6.07) is 9.68. The highest BCUT2D eigenvalue weighted by atomic mass is 35.5. The molecule has 3 unspecified atom stereocenters. The van der Waals surface area contributed by atoms with E-state index in [0.717, 1.165) is 5.92 Å². The predicted octanol–water partition coefficient (Wildman–Crippen LogP) is 5.07. The van der Waals surface area contributed by atoms with Crippen LogP contribution in [0.5, 0.6) is 0 Å². The van der Waals surface area contributed by atoms with Crippen molar-refractivity contribution in [1.29, 1.82) is 0 Å². The minimum atomic E-state index is 0. The number of fused-ring (bicyclic) bond motifs is 3. The van der Waals surface area contributed by atoms with Gasteiger partial charge in [0.15, 0.2) is 0 Å². The first kappa shape index (κ1) is 15.9. The Balaban J connectivity index is 0.00000147. The van der Waals surface area contributed by atoms with Gasteiger partial charge in [-0.3, -0.25) is 0 Å². The molecule has 1 nitrogen and oxygen atoms in total. The first-order valence-corrected chi connectivity index (χ1v) is 7.78. The molecule has 0 aliphatic heterocycles. The fourth-order valence-corrected chi connectivity index (χ4v) is 5.09. The Labute approximate surface area is 130 Å². The molecule has 1 N–H and O–H groups in total. The maximum atomic E-state index is 3.67. The van der Waals surface area contributed by atoms with Gasteiger partial charge < -0.3 is 5.32 Å². The van der Waals surface area contributed by atoms with Crippen LogP contribution in [0.25, 0.3) is 0 Å². The van der Waals surface area contributed by atoms with E-state index >= 15 is 0 Å². The van der Waals surface area contributed by atoms with Gasteiger partial charge in [0.1, 0.15) is 0 Å². The minimum Gasteiger partial charge on any atom is -0.312 e. The number of benzene rings is 1. The summed E-state index contributed by atoms with van der Waals surface area (Å²) in [7, 11) is 2.14. The molecule has 3 rings (SSSR count). The van der Waals surface area contributed by atoms with Gasteiger partial charge in [-0.2, -0.15) is 0 Å². The van der Waals surface area contributed by atoms with E-state index in [1.165, 1.54) is 25.7 Å². The van der Waals surface area contributed by atoms with Crippen LogP contribution in [0.3, 0.4) is 0 Å². The van der Waals surface area contributed by atoms with Crippen LogP contribution >= 0.6 is 12.4 Å². The van der Waals surface area contributed by atoms with Crippen molar-refractivity contribution in [3.05, 3.63) is 35.4 Å².